The number of aromatic amines is 2. The standard InChI is InChI=1S/C25H15F8N3O3S.C24H16F5N3O3S/c26-23(27,24(28,29)30)14-39-17-9-5-15(6-10-17)7-12-22-34-20-11-8-16(13-21(20)35-22)18-3-1-2-4-19(18)36-40(37,38)25(31,32)33;25-23(26,24(27,28)29)14-35-17-9-5-15(6-10-17)7-12-22-31-19-11-8-16(13-20(19)32-22)18-3-1-2-4-21(18)36(30,33)34/h1-6,8-11,13,36H,14H2,(H,34,35);1-6,8-11,13H,14H2,(H,31,32)(H2,30,33,34). The van der Waals surface area contributed by atoms with E-state index in [1.807, 2.05) is 0 Å². The maximum atomic E-state index is 13.0. The quantitative estimate of drug-likeness (QED) is 0.0729. The highest BCUT2D eigenvalue weighted by Gasteiger charge is 2.59. The highest BCUT2D eigenvalue weighted by molar-refractivity contribution is 7.93. The number of ether oxygens (including phenoxy) is 2. The van der Waals surface area contributed by atoms with Crippen molar-refractivity contribution in [2.45, 2.75) is 34.6 Å². The number of H-pyrrole nitrogens is 2. The topological polar surface area (TPSA) is 182 Å². The number of para-hydroxylation sites is 1. The summed E-state index contributed by atoms with van der Waals surface area (Å²) >= 11 is 0. The molecule has 0 amide bonds. The molecule has 0 saturated carbocycles. The van der Waals surface area contributed by atoms with Gasteiger partial charge in [-0.3, -0.25) is 4.72 Å². The van der Waals surface area contributed by atoms with Crippen LogP contribution >= 0.6 is 0 Å². The van der Waals surface area contributed by atoms with E-state index < -0.39 is 63.0 Å². The van der Waals surface area contributed by atoms with Gasteiger partial charge in [-0.15, -0.1) is 0 Å². The van der Waals surface area contributed by atoms with Crippen molar-refractivity contribution in [1.29, 1.82) is 0 Å². The van der Waals surface area contributed by atoms with Gasteiger partial charge in [-0.2, -0.15) is 65.5 Å². The third-order valence-electron chi connectivity index (χ3n) is 10.3. The average molecular weight is 1110 g/mol. The van der Waals surface area contributed by atoms with Gasteiger partial charge in [-0.1, -0.05) is 60.4 Å². The van der Waals surface area contributed by atoms with E-state index in [1.165, 1.54) is 91.0 Å². The average Bonchev–Trinajstić information content (AvgIpc) is 3.96. The minimum atomic E-state index is -5.74. The normalized spacial score (nSPS) is 12.4. The second kappa shape index (κ2) is 21.2. The van der Waals surface area contributed by atoms with Crippen LogP contribution in [0, 0.1) is 23.7 Å². The van der Waals surface area contributed by atoms with E-state index in [0.717, 1.165) is 0 Å². The first-order chi connectivity index (χ1) is 35.4. The lowest BCUT2D eigenvalue weighted by molar-refractivity contribution is -0.290. The number of halogens is 13. The van der Waals surface area contributed by atoms with Crippen LogP contribution in [-0.2, 0) is 20.0 Å². The number of sulfonamides is 2. The van der Waals surface area contributed by atoms with Crippen molar-refractivity contribution in [3.8, 4) is 57.4 Å². The molecule has 0 spiro atoms. The number of benzene rings is 6. The molecule has 0 bridgehead atoms. The zero-order valence-electron chi connectivity index (χ0n) is 37.8. The second-order valence-electron chi connectivity index (χ2n) is 15.8. The molecule has 76 heavy (non-hydrogen) atoms. The van der Waals surface area contributed by atoms with Gasteiger partial charge >= 0.3 is 39.7 Å². The number of nitrogens with zero attached hydrogens (tertiary/aromatic N) is 2. The number of hydrogen-bond donors (Lipinski definition) is 4. The van der Waals surface area contributed by atoms with Gasteiger partial charge in [0, 0.05) is 22.3 Å². The van der Waals surface area contributed by atoms with Gasteiger partial charge < -0.3 is 19.4 Å². The van der Waals surface area contributed by atoms with Gasteiger partial charge in [0.2, 0.25) is 10.0 Å². The van der Waals surface area contributed by atoms with Gasteiger partial charge in [0.15, 0.2) is 24.9 Å². The molecule has 8 rings (SSSR count). The van der Waals surface area contributed by atoms with Crippen LogP contribution in [0.4, 0.5) is 62.8 Å². The number of primary sulfonamides is 1. The van der Waals surface area contributed by atoms with E-state index in [9.17, 15) is 73.9 Å². The number of fused-ring (bicyclic) bond motifs is 2. The predicted octanol–water partition coefficient (Wildman–Crippen LogP) is 11.3. The molecule has 0 atom stereocenters. The second-order valence-corrected chi connectivity index (χ2v) is 19.0. The van der Waals surface area contributed by atoms with Crippen molar-refractivity contribution < 1.29 is 83.4 Å². The maximum Gasteiger partial charge on any atom is 0.516 e. The lowest BCUT2D eigenvalue weighted by Crippen LogP contribution is -2.41. The first kappa shape index (κ1) is 55.5. The zero-order valence-corrected chi connectivity index (χ0v) is 39.4. The Kier molecular flexibility index (Phi) is 15.4. The fourth-order valence-electron chi connectivity index (χ4n) is 6.50. The molecular formula is C49H31F13N6O6S2. The number of anilines is 1. The van der Waals surface area contributed by atoms with E-state index in [2.05, 4.69) is 53.1 Å². The number of nitrogens with two attached hydrogens (primary N) is 1. The van der Waals surface area contributed by atoms with E-state index in [4.69, 9.17) is 5.14 Å². The van der Waals surface area contributed by atoms with Crippen LogP contribution in [0.2, 0.25) is 0 Å². The fourth-order valence-corrected chi connectivity index (χ4v) is 7.84. The van der Waals surface area contributed by atoms with Crippen LogP contribution in [0.3, 0.4) is 0 Å². The predicted molar refractivity (Wildman–Crippen MR) is 251 cm³/mol. The molecule has 6 aromatic carbocycles. The summed E-state index contributed by atoms with van der Waals surface area (Å²) in [6.07, 6.45) is -11.4. The molecule has 2 aromatic heterocycles. The van der Waals surface area contributed by atoms with Gasteiger partial charge in [0.25, 0.3) is 0 Å². The summed E-state index contributed by atoms with van der Waals surface area (Å²) < 4.78 is 221. The summed E-state index contributed by atoms with van der Waals surface area (Å²) in [5.74, 6) is 1.17. The number of imidazole rings is 2. The molecule has 0 fully saturated rings. The van der Waals surface area contributed by atoms with E-state index >= 15 is 0 Å². The Morgan fingerprint density at radius 1 is 0.513 bits per heavy atom. The van der Waals surface area contributed by atoms with Crippen LogP contribution in [0.5, 0.6) is 11.5 Å². The molecule has 2 heterocycles. The number of hydrogen-bond acceptors (Lipinski definition) is 8. The minimum Gasteiger partial charge on any atom is -0.487 e. The molecule has 8 aromatic rings. The summed E-state index contributed by atoms with van der Waals surface area (Å²) in [7, 11) is -9.58. The molecule has 0 aliphatic rings. The van der Waals surface area contributed by atoms with Crippen molar-refractivity contribution >= 4 is 47.8 Å². The lowest BCUT2D eigenvalue weighted by atomic mass is 10.0. The zero-order chi connectivity index (χ0) is 55.5. The molecule has 0 unspecified atom stereocenters. The van der Waals surface area contributed by atoms with Crippen LogP contribution in [-0.4, -0.2) is 79.7 Å². The van der Waals surface area contributed by atoms with Crippen LogP contribution in [0.25, 0.3) is 44.3 Å². The molecular weight excluding hydrogens is 1080 g/mol. The Hall–Kier alpha value is -8.27. The molecule has 5 N–H and O–H groups in total. The summed E-state index contributed by atoms with van der Waals surface area (Å²) in [5, 5.41) is 5.32. The van der Waals surface area contributed by atoms with Crippen molar-refractivity contribution in [2.75, 3.05) is 17.9 Å². The number of nitrogens with one attached hydrogen (secondary N) is 3. The number of alkyl halides is 13. The molecule has 396 valence electrons. The van der Waals surface area contributed by atoms with E-state index in [0.29, 0.717) is 55.7 Å². The van der Waals surface area contributed by atoms with Crippen molar-refractivity contribution in [3.63, 3.8) is 0 Å². The Labute approximate surface area is 421 Å². The fraction of sp³-hybridized carbons (Fsp3) is 0.143. The Balaban J connectivity index is 0.000000222. The van der Waals surface area contributed by atoms with Crippen LogP contribution in [0.1, 0.15) is 22.8 Å². The Bertz CT molecular complexity index is 3780. The SMILES string of the molecule is NS(=O)(=O)c1ccccc1-c1ccc2nc(C#Cc3ccc(OCC(F)(F)C(F)(F)F)cc3)[nH]c2c1.O=S(=O)(Nc1ccccc1-c1ccc2nc(C#Cc3ccc(OCC(F)(F)C(F)(F)F)cc3)[nH]c2c1)C(F)(F)F. The molecule has 0 radical (unpaired) electrons. The van der Waals surface area contributed by atoms with Gasteiger partial charge in [-0.05, 0) is 108 Å². The molecule has 0 aliphatic heterocycles. The van der Waals surface area contributed by atoms with Crippen LogP contribution in [0.15, 0.2) is 138 Å². The van der Waals surface area contributed by atoms with E-state index in [1.54, 1.807) is 47.2 Å². The summed E-state index contributed by atoms with van der Waals surface area (Å²) in [6.45, 7) is -3.70. The highest BCUT2D eigenvalue weighted by Crippen LogP contribution is 2.38. The summed E-state index contributed by atoms with van der Waals surface area (Å²) in [6, 6.07) is 31.8. The molecule has 0 saturated heterocycles. The number of rotatable bonds is 11. The summed E-state index contributed by atoms with van der Waals surface area (Å²) in [5.41, 5.74) is -1.36. The summed E-state index contributed by atoms with van der Waals surface area (Å²) in [4.78, 5) is 14.5. The maximum absolute atomic E-state index is 13.0. The van der Waals surface area contributed by atoms with Gasteiger partial charge in [-0.25, -0.2) is 23.5 Å². The van der Waals surface area contributed by atoms with Crippen molar-refractivity contribution in [3.05, 3.63) is 156 Å². The van der Waals surface area contributed by atoms with Gasteiger partial charge in [0.05, 0.1) is 32.6 Å². The molecule has 0 aliphatic carbocycles. The highest BCUT2D eigenvalue weighted by atomic mass is 32.2. The van der Waals surface area contributed by atoms with Gasteiger partial charge in [0.1, 0.15) is 11.5 Å². The van der Waals surface area contributed by atoms with E-state index in [-0.39, 0.29) is 33.5 Å². The Morgan fingerprint density at radius 2 is 0.921 bits per heavy atom. The first-order valence-electron chi connectivity index (χ1n) is 21.1. The molecule has 27 heteroatoms. The minimum absolute atomic E-state index is 0.0153. The third-order valence-corrected chi connectivity index (χ3v) is 12.4. The lowest BCUT2D eigenvalue weighted by Gasteiger charge is -2.19. The Morgan fingerprint density at radius 3 is 1.34 bits per heavy atom. The number of aromatic nitrogens is 4. The third kappa shape index (κ3) is 13.3. The largest absolute Gasteiger partial charge is 0.516 e. The smallest absolute Gasteiger partial charge is 0.487 e. The monoisotopic (exact) mass is 1110 g/mol. The van der Waals surface area contributed by atoms with Crippen molar-refractivity contribution in [2.24, 2.45) is 5.14 Å². The first-order valence-corrected chi connectivity index (χ1v) is 24.1. The van der Waals surface area contributed by atoms with Crippen molar-refractivity contribution in [1.82, 2.24) is 19.9 Å². The molecule has 12 nitrogen and oxygen atoms in total. The van der Waals surface area contributed by atoms with Crippen LogP contribution < -0.4 is 19.3 Å².